The molecule has 2 aromatic heterocycles. The van der Waals surface area contributed by atoms with E-state index in [0.29, 0.717) is 17.0 Å². The number of amides is 2. The molecule has 3 aromatic rings. The average Bonchev–Trinajstić information content (AvgIpc) is 3.45. The Balaban J connectivity index is 1.50. The molecule has 188 valence electrons. The van der Waals surface area contributed by atoms with Crippen LogP contribution in [0.25, 0.3) is 11.4 Å². The second-order valence-corrected chi connectivity index (χ2v) is 10.6. The van der Waals surface area contributed by atoms with Gasteiger partial charge in [-0.1, -0.05) is 50.2 Å². The lowest BCUT2D eigenvalue weighted by atomic mass is 9.62. The number of aromatic nitrogens is 3. The predicted octanol–water partition coefficient (Wildman–Crippen LogP) is 3.09. The summed E-state index contributed by atoms with van der Waals surface area (Å²) in [6.07, 6.45) is 3.71. The minimum atomic E-state index is -1.29. The van der Waals surface area contributed by atoms with Crippen molar-refractivity contribution in [2.45, 2.75) is 51.7 Å². The van der Waals surface area contributed by atoms with E-state index >= 15 is 0 Å². The van der Waals surface area contributed by atoms with Crippen molar-refractivity contribution in [2.24, 2.45) is 5.41 Å². The van der Waals surface area contributed by atoms with Crippen LogP contribution >= 0.6 is 0 Å². The van der Waals surface area contributed by atoms with E-state index in [4.69, 9.17) is 4.52 Å². The highest BCUT2D eigenvalue weighted by Crippen LogP contribution is 2.50. The minimum Gasteiger partial charge on any atom is -0.380 e. The number of nitrogens with zero attached hydrogens (tertiary/aromatic N) is 5. The molecule has 2 amide bonds. The molecule has 4 heterocycles. The fraction of sp³-hybridized carbons (Fsp3) is 0.444. The number of hydrogen-bond donors (Lipinski definition) is 1. The van der Waals surface area contributed by atoms with Crippen LogP contribution in [-0.4, -0.2) is 62.0 Å². The van der Waals surface area contributed by atoms with E-state index in [9.17, 15) is 14.7 Å². The molecule has 0 aliphatic carbocycles. The van der Waals surface area contributed by atoms with Gasteiger partial charge in [0.2, 0.25) is 23.5 Å². The Morgan fingerprint density at radius 3 is 2.36 bits per heavy atom. The zero-order valence-corrected chi connectivity index (χ0v) is 21.1. The zero-order chi connectivity index (χ0) is 25.7. The van der Waals surface area contributed by atoms with Crippen LogP contribution in [-0.2, 0) is 21.7 Å². The van der Waals surface area contributed by atoms with Crippen molar-refractivity contribution in [3.05, 3.63) is 65.3 Å². The topological polar surface area (TPSA) is 113 Å². The fourth-order valence-corrected chi connectivity index (χ4v) is 5.48. The van der Waals surface area contributed by atoms with Crippen molar-refractivity contribution in [1.29, 1.82) is 0 Å². The molecule has 0 unspecified atom stereocenters. The number of aliphatic hydroxyl groups is 1. The summed E-state index contributed by atoms with van der Waals surface area (Å²) in [6.45, 7) is 7.78. The Kier molecular flexibility index (Phi) is 6.00. The Hall–Kier alpha value is -3.43. The van der Waals surface area contributed by atoms with Crippen LogP contribution < -0.4 is 0 Å². The highest BCUT2D eigenvalue weighted by atomic mass is 16.5. The number of hydrogen-bond acceptors (Lipinski definition) is 8. The molecule has 9 nitrogen and oxygen atoms in total. The van der Waals surface area contributed by atoms with E-state index in [1.165, 1.54) is 5.56 Å². The standard InChI is InChI=1S/C27H31N5O4/c1-17(2)18-5-7-20(8-6-18)27(35,26(3)15-31(4)16-26)21-11-19(12-28-13-21)25-29-22(36-30-25)14-32-23(33)9-10-24(32)34/h5-8,11-13,17,35H,9-10,14-16H2,1-4H3/t27-/m0/s1. The summed E-state index contributed by atoms with van der Waals surface area (Å²) < 4.78 is 5.33. The molecular formula is C27H31N5O4. The van der Waals surface area contributed by atoms with Gasteiger partial charge in [-0.15, -0.1) is 0 Å². The van der Waals surface area contributed by atoms with Gasteiger partial charge in [-0.05, 0) is 30.2 Å². The van der Waals surface area contributed by atoms with E-state index in [2.05, 4.69) is 52.9 Å². The third-order valence-corrected chi connectivity index (χ3v) is 7.44. The molecule has 0 bridgehead atoms. The summed E-state index contributed by atoms with van der Waals surface area (Å²) >= 11 is 0. The van der Waals surface area contributed by atoms with Crippen LogP contribution in [0.2, 0.25) is 0 Å². The number of rotatable bonds is 7. The van der Waals surface area contributed by atoms with E-state index in [1.807, 2.05) is 25.2 Å². The van der Waals surface area contributed by atoms with Crippen LogP contribution in [0.4, 0.5) is 0 Å². The van der Waals surface area contributed by atoms with E-state index in [-0.39, 0.29) is 42.9 Å². The summed E-state index contributed by atoms with van der Waals surface area (Å²) in [5, 5.41) is 16.4. The first-order valence-electron chi connectivity index (χ1n) is 12.2. The monoisotopic (exact) mass is 489 g/mol. The molecule has 1 aromatic carbocycles. The van der Waals surface area contributed by atoms with E-state index < -0.39 is 11.0 Å². The van der Waals surface area contributed by atoms with Crippen molar-refractivity contribution < 1.29 is 19.2 Å². The second kappa shape index (κ2) is 8.90. The maximum atomic E-state index is 12.4. The Bertz CT molecular complexity index is 1280. The Morgan fingerprint density at radius 1 is 1.08 bits per heavy atom. The third kappa shape index (κ3) is 4.02. The second-order valence-electron chi connectivity index (χ2n) is 10.6. The zero-order valence-electron chi connectivity index (χ0n) is 21.1. The third-order valence-electron chi connectivity index (χ3n) is 7.44. The molecule has 0 spiro atoms. The number of benzene rings is 1. The van der Waals surface area contributed by atoms with Gasteiger partial charge in [0.25, 0.3) is 0 Å². The number of carbonyl (C=O) groups is 2. The maximum absolute atomic E-state index is 12.4. The molecule has 1 atom stereocenters. The predicted molar refractivity (Wildman–Crippen MR) is 131 cm³/mol. The quantitative estimate of drug-likeness (QED) is 0.504. The lowest BCUT2D eigenvalue weighted by Crippen LogP contribution is -2.63. The van der Waals surface area contributed by atoms with Gasteiger partial charge in [0.05, 0.1) is 0 Å². The van der Waals surface area contributed by atoms with Crippen molar-refractivity contribution in [1.82, 2.24) is 24.9 Å². The average molecular weight is 490 g/mol. The molecule has 2 saturated heterocycles. The van der Waals surface area contributed by atoms with Gasteiger partial charge in [0, 0.05) is 54.9 Å². The van der Waals surface area contributed by atoms with Crippen LogP contribution in [0.15, 0.2) is 47.2 Å². The molecule has 0 saturated carbocycles. The number of likely N-dealkylation sites (tertiary alicyclic amines) is 2. The first kappa shape index (κ1) is 24.3. The van der Waals surface area contributed by atoms with E-state index in [0.717, 1.165) is 23.6 Å². The first-order chi connectivity index (χ1) is 17.1. The van der Waals surface area contributed by atoms with Gasteiger partial charge >= 0.3 is 0 Å². The maximum Gasteiger partial charge on any atom is 0.247 e. The molecule has 2 aliphatic rings. The SMILES string of the molecule is CC(C)c1ccc([C@](O)(c2cncc(-c3noc(CN4C(=O)CCC4=O)n3)c2)C2(C)CN(C)C2)cc1. The molecule has 2 fully saturated rings. The van der Waals surface area contributed by atoms with Crippen molar-refractivity contribution >= 4 is 11.8 Å². The van der Waals surface area contributed by atoms with Gasteiger partial charge < -0.3 is 14.5 Å². The molecular weight excluding hydrogens is 458 g/mol. The summed E-state index contributed by atoms with van der Waals surface area (Å²) in [5.74, 6) is 0.366. The minimum absolute atomic E-state index is 0.0473. The summed E-state index contributed by atoms with van der Waals surface area (Å²) in [7, 11) is 2.04. The molecule has 0 radical (unpaired) electrons. The Labute approximate surface area is 210 Å². The van der Waals surface area contributed by atoms with Crippen LogP contribution in [0.3, 0.4) is 0 Å². The van der Waals surface area contributed by atoms with Gasteiger partial charge in [-0.3, -0.25) is 19.5 Å². The van der Waals surface area contributed by atoms with Crippen LogP contribution in [0, 0.1) is 5.41 Å². The smallest absolute Gasteiger partial charge is 0.247 e. The fourth-order valence-electron chi connectivity index (χ4n) is 5.48. The summed E-state index contributed by atoms with van der Waals surface area (Å²) in [4.78, 5) is 36.0. The largest absolute Gasteiger partial charge is 0.380 e. The van der Waals surface area contributed by atoms with Gasteiger partial charge in [0.1, 0.15) is 12.1 Å². The lowest BCUT2D eigenvalue weighted by Gasteiger charge is -2.55. The number of pyridine rings is 1. The van der Waals surface area contributed by atoms with Gasteiger partial charge in [0.15, 0.2) is 0 Å². The highest BCUT2D eigenvalue weighted by molar-refractivity contribution is 6.01. The number of carbonyl (C=O) groups excluding carboxylic acids is 2. The highest BCUT2D eigenvalue weighted by Gasteiger charge is 2.55. The van der Waals surface area contributed by atoms with Crippen LogP contribution in [0.1, 0.15) is 62.1 Å². The molecule has 9 heteroatoms. The summed E-state index contributed by atoms with van der Waals surface area (Å²) in [6, 6.07) is 9.98. The van der Waals surface area contributed by atoms with Crippen LogP contribution in [0.5, 0.6) is 0 Å². The number of imide groups is 1. The summed E-state index contributed by atoms with van der Waals surface area (Å²) in [5.41, 5.74) is 1.51. The van der Waals surface area contributed by atoms with Gasteiger partial charge in [-0.2, -0.15) is 4.98 Å². The van der Waals surface area contributed by atoms with E-state index in [1.54, 1.807) is 12.4 Å². The molecule has 5 rings (SSSR count). The molecule has 2 aliphatic heterocycles. The van der Waals surface area contributed by atoms with Gasteiger partial charge in [-0.25, -0.2) is 0 Å². The van der Waals surface area contributed by atoms with Crippen molar-refractivity contribution in [3.8, 4) is 11.4 Å². The Morgan fingerprint density at radius 2 is 1.75 bits per heavy atom. The molecule has 1 N–H and O–H groups in total. The first-order valence-corrected chi connectivity index (χ1v) is 12.2. The normalized spacial score (nSPS) is 19.6. The van der Waals surface area contributed by atoms with Crippen molar-refractivity contribution in [2.75, 3.05) is 20.1 Å². The van der Waals surface area contributed by atoms with Crippen molar-refractivity contribution in [3.63, 3.8) is 0 Å². The lowest BCUT2D eigenvalue weighted by molar-refractivity contribution is -0.139. The molecule has 36 heavy (non-hydrogen) atoms.